The molecule has 0 bridgehead atoms. The van der Waals surface area contributed by atoms with E-state index in [1.807, 2.05) is 61.5 Å². The molecule has 0 fully saturated rings. The van der Waals surface area contributed by atoms with Crippen LogP contribution < -0.4 is 5.32 Å². The van der Waals surface area contributed by atoms with Gasteiger partial charge in [-0.2, -0.15) is 9.50 Å². The van der Waals surface area contributed by atoms with Crippen LogP contribution in [-0.4, -0.2) is 25.4 Å². The summed E-state index contributed by atoms with van der Waals surface area (Å²) in [5.74, 6) is 2.08. The first-order valence-electron chi connectivity index (χ1n) is 9.26. The number of carbonyl (C=O) groups is 1. The number of fused-ring (bicyclic) bond motifs is 1. The molecule has 2 heterocycles. The Labute approximate surface area is 163 Å². The molecule has 1 N–H and O–H groups in total. The lowest BCUT2D eigenvalue weighted by molar-refractivity contribution is 0.101. The molecule has 4 rings (SSSR count). The van der Waals surface area contributed by atoms with E-state index in [1.165, 1.54) is 0 Å². The van der Waals surface area contributed by atoms with Gasteiger partial charge < -0.3 is 5.32 Å². The van der Waals surface area contributed by atoms with Crippen LogP contribution in [0.4, 0.5) is 11.5 Å². The van der Waals surface area contributed by atoms with Gasteiger partial charge in [0.25, 0.3) is 5.78 Å². The Hall–Kier alpha value is -3.54. The van der Waals surface area contributed by atoms with Crippen molar-refractivity contribution in [3.63, 3.8) is 0 Å². The van der Waals surface area contributed by atoms with Gasteiger partial charge in [0.05, 0.1) is 0 Å². The largest absolute Gasteiger partial charge is 0.340 e. The van der Waals surface area contributed by atoms with Crippen LogP contribution in [0.3, 0.4) is 0 Å². The van der Waals surface area contributed by atoms with Crippen LogP contribution in [0.2, 0.25) is 0 Å². The fraction of sp³-hybridized carbons (Fsp3) is 0.182. The van der Waals surface area contributed by atoms with Crippen molar-refractivity contribution in [3.8, 4) is 11.4 Å². The molecule has 2 aromatic carbocycles. The Balaban J connectivity index is 1.83. The molecule has 0 atom stereocenters. The minimum Gasteiger partial charge on any atom is -0.340 e. The SMILES string of the molecule is CCc1c(C)nc2nc(-c3ccccc3)nn2c1Nc1ccc(C(C)=O)cc1. The van der Waals surface area contributed by atoms with Gasteiger partial charge in [0.15, 0.2) is 11.6 Å². The zero-order valence-corrected chi connectivity index (χ0v) is 16.1. The lowest BCUT2D eigenvalue weighted by atomic mass is 10.1. The van der Waals surface area contributed by atoms with Crippen molar-refractivity contribution >= 4 is 23.1 Å². The van der Waals surface area contributed by atoms with Crippen LogP contribution >= 0.6 is 0 Å². The molecule has 2 aromatic heterocycles. The maximum absolute atomic E-state index is 11.5. The van der Waals surface area contributed by atoms with Gasteiger partial charge in [-0.1, -0.05) is 37.3 Å². The van der Waals surface area contributed by atoms with Gasteiger partial charge in [0.1, 0.15) is 5.82 Å². The second-order valence-corrected chi connectivity index (χ2v) is 6.65. The summed E-state index contributed by atoms with van der Waals surface area (Å²) < 4.78 is 1.76. The predicted molar refractivity (Wildman–Crippen MR) is 110 cm³/mol. The summed E-state index contributed by atoms with van der Waals surface area (Å²) in [6, 6.07) is 17.3. The third kappa shape index (κ3) is 3.24. The maximum atomic E-state index is 11.5. The van der Waals surface area contributed by atoms with Crippen LogP contribution in [0.5, 0.6) is 0 Å². The smallest absolute Gasteiger partial charge is 0.254 e. The molecule has 140 valence electrons. The maximum Gasteiger partial charge on any atom is 0.254 e. The van der Waals surface area contributed by atoms with E-state index in [2.05, 4.69) is 22.2 Å². The summed E-state index contributed by atoms with van der Waals surface area (Å²) in [7, 11) is 0. The van der Waals surface area contributed by atoms with Crippen molar-refractivity contribution in [2.45, 2.75) is 27.2 Å². The van der Waals surface area contributed by atoms with E-state index >= 15 is 0 Å². The van der Waals surface area contributed by atoms with E-state index in [9.17, 15) is 4.79 Å². The Morgan fingerprint density at radius 3 is 2.39 bits per heavy atom. The average Bonchev–Trinajstić information content (AvgIpc) is 3.13. The van der Waals surface area contributed by atoms with Gasteiger partial charge in [-0.15, -0.1) is 5.10 Å². The zero-order chi connectivity index (χ0) is 19.7. The summed E-state index contributed by atoms with van der Waals surface area (Å²) in [4.78, 5) is 20.8. The highest BCUT2D eigenvalue weighted by molar-refractivity contribution is 5.94. The first-order chi connectivity index (χ1) is 13.6. The lowest BCUT2D eigenvalue weighted by Gasteiger charge is -2.14. The average molecular weight is 371 g/mol. The summed E-state index contributed by atoms with van der Waals surface area (Å²) >= 11 is 0. The van der Waals surface area contributed by atoms with Crippen LogP contribution in [-0.2, 0) is 6.42 Å². The molecule has 0 saturated heterocycles. The molecule has 6 nitrogen and oxygen atoms in total. The molecular formula is C22H21N5O. The topological polar surface area (TPSA) is 72.2 Å². The van der Waals surface area contributed by atoms with E-state index in [0.717, 1.165) is 34.7 Å². The number of aryl methyl sites for hydroxylation is 1. The predicted octanol–water partition coefficient (Wildman–Crippen LogP) is 4.61. The summed E-state index contributed by atoms with van der Waals surface area (Å²) in [6.45, 7) is 5.64. The molecule has 0 radical (unpaired) electrons. The lowest BCUT2D eigenvalue weighted by Crippen LogP contribution is -2.08. The highest BCUT2D eigenvalue weighted by Gasteiger charge is 2.16. The second-order valence-electron chi connectivity index (χ2n) is 6.65. The number of benzene rings is 2. The molecule has 28 heavy (non-hydrogen) atoms. The monoisotopic (exact) mass is 371 g/mol. The van der Waals surface area contributed by atoms with Gasteiger partial charge in [0, 0.05) is 28.1 Å². The van der Waals surface area contributed by atoms with Crippen LogP contribution in [0.1, 0.15) is 35.5 Å². The molecule has 0 unspecified atom stereocenters. The number of Topliss-reactive ketones (excluding diaryl/α,β-unsaturated/α-hetero) is 1. The zero-order valence-electron chi connectivity index (χ0n) is 16.1. The molecule has 0 aliphatic rings. The molecule has 0 aliphatic carbocycles. The van der Waals surface area contributed by atoms with Crippen LogP contribution in [0.25, 0.3) is 17.2 Å². The number of ketones is 1. The number of rotatable bonds is 5. The quantitative estimate of drug-likeness (QED) is 0.519. The van der Waals surface area contributed by atoms with Gasteiger partial charge in [-0.05, 0) is 44.5 Å². The van der Waals surface area contributed by atoms with Gasteiger partial charge >= 0.3 is 0 Å². The number of hydrogen-bond acceptors (Lipinski definition) is 5. The Morgan fingerprint density at radius 1 is 1.04 bits per heavy atom. The fourth-order valence-corrected chi connectivity index (χ4v) is 3.23. The summed E-state index contributed by atoms with van der Waals surface area (Å²) in [6.07, 6.45) is 0.809. The van der Waals surface area contributed by atoms with Crippen molar-refractivity contribution in [2.75, 3.05) is 5.32 Å². The van der Waals surface area contributed by atoms with E-state index in [4.69, 9.17) is 5.10 Å². The first-order valence-corrected chi connectivity index (χ1v) is 9.26. The molecule has 0 saturated carbocycles. The van der Waals surface area contributed by atoms with E-state index in [1.54, 1.807) is 11.4 Å². The summed E-state index contributed by atoms with van der Waals surface area (Å²) in [5, 5.41) is 8.15. The molecular weight excluding hydrogens is 350 g/mol. The third-order valence-electron chi connectivity index (χ3n) is 4.73. The molecule has 4 aromatic rings. The number of nitrogens with zero attached hydrogens (tertiary/aromatic N) is 4. The van der Waals surface area contributed by atoms with Gasteiger partial charge in [0.2, 0.25) is 0 Å². The molecule has 0 spiro atoms. The number of nitrogens with one attached hydrogen (secondary N) is 1. The molecule has 6 heteroatoms. The number of carbonyl (C=O) groups excluding carboxylic acids is 1. The highest BCUT2D eigenvalue weighted by Crippen LogP contribution is 2.26. The summed E-state index contributed by atoms with van der Waals surface area (Å²) in [5.41, 5.74) is 4.51. The number of hydrogen-bond donors (Lipinski definition) is 1. The highest BCUT2D eigenvalue weighted by atomic mass is 16.1. The van der Waals surface area contributed by atoms with Gasteiger partial charge in [-0.3, -0.25) is 4.79 Å². The third-order valence-corrected chi connectivity index (χ3v) is 4.73. The van der Waals surface area contributed by atoms with Crippen molar-refractivity contribution in [1.82, 2.24) is 19.6 Å². The number of aromatic nitrogens is 4. The minimum atomic E-state index is 0.0479. The van der Waals surface area contributed by atoms with E-state index in [-0.39, 0.29) is 5.78 Å². The molecule has 0 aliphatic heterocycles. The fourth-order valence-electron chi connectivity index (χ4n) is 3.23. The van der Waals surface area contributed by atoms with E-state index < -0.39 is 0 Å². The normalized spacial score (nSPS) is 11.0. The van der Waals surface area contributed by atoms with Crippen molar-refractivity contribution in [3.05, 3.63) is 71.4 Å². The van der Waals surface area contributed by atoms with Gasteiger partial charge in [-0.25, -0.2) is 4.98 Å². The standard InChI is InChI=1S/C22H21N5O/c1-4-19-14(2)23-22-25-20(17-8-6-5-7-9-17)26-27(22)21(19)24-18-12-10-16(11-13-18)15(3)28/h5-13,24H,4H2,1-3H3. The Bertz CT molecular complexity index is 1150. The second kappa shape index (κ2) is 7.23. The van der Waals surface area contributed by atoms with Crippen LogP contribution in [0, 0.1) is 6.92 Å². The van der Waals surface area contributed by atoms with Crippen molar-refractivity contribution < 1.29 is 4.79 Å². The minimum absolute atomic E-state index is 0.0479. The Kier molecular flexibility index (Phi) is 4.61. The number of anilines is 2. The van der Waals surface area contributed by atoms with E-state index in [0.29, 0.717) is 17.2 Å². The first kappa shape index (κ1) is 17.9. The van der Waals surface area contributed by atoms with Crippen molar-refractivity contribution in [2.24, 2.45) is 0 Å². The van der Waals surface area contributed by atoms with Crippen molar-refractivity contribution in [1.29, 1.82) is 0 Å². The van der Waals surface area contributed by atoms with Crippen LogP contribution in [0.15, 0.2) is 54.6 Å². The Morgan fingerprint density at radius 2 is 1.75 bits per heavy atom. The molecule has 0 amide bonds.